The van der Waals surface area contributed by atoms with E-state index in [1.165, 1.54) is 0 Å². The Balaban J connectivity index is 2.22. The van der Waals surface area contributed by atoms with Crippen LogP contribution in [0, 0.1) is 0 Å². The first-order valence-corrected chi connectivity index (χ1v) is 5.13. The molecule has 0 bridgehead atoms. The molecule has 0 amide bonds. The van der Waals surface area contributed by atoms with Crippen molar-refractivity contribution in [3.05, 3.63) is 48.1 Å². The van der Waals surface area contributed by atoms with Gasteiger partial charge < -0.3 is 0 Å². The highest BCUT2D eigenvalue weighted by molar-refractivity contribution is 6.32. The highest BCUT2D eigenvalue weighted by Gasteiger charge is 2.04. The molecule has 0 radical (unpaired) electrons. The van der Waals surface area contributed by atoms with Crippen LogP contribution in [0.5, 0.6) is 0 Å². The van der Waals surface area contributed by atoms with Gasteiger partial charge in [-0.3, -0.25) is 4.40 Å². The third kappa shape index (κ3) is 1.44. The second-order valence-electron chi connectivity index (χ2n) is 3.36. The van der Waals surface area contributed by atoms with Crippen LogP contribution in [0.1, 0.15) is 0 Å². The molecule has 3 rings (SSSR count). The standard InChI is InChI=1S/C11H7ClN4/c12-11-9(2-1-5-13-11)8-3-4-10-15-14-7-16(10)6-8/h1-7H. The molecular weight excluding hydrogens is 224 g/mol. The monoisotopic (exact) mass is 230 g/mol. The van der Waals surface area contributed by atoms with Crippen LogP contribution in [0.15, 0.2) is 43.0 Å². The molecule has 0 spiro atoms. The lowest BCUT2D eigenvalue weighted by Gasteiger charge is -2.03. The van der Waals surface area contributed by atoms with E-state index in [9.17, 15) is 0 Å². The molecule has 3 aromatic heterocycles. The molecule has 0 atom stereocenters. The SMILES string of the molecule is Clc1ncccc1-c1ccc2nncn2c1. The van der Waals surface area contributed by atoms with Crippen molar-refractivity contribution in [1.29, 1.82) is 0 Å². The van der Waals surface area contributed by atoms with E-state index < -0.39 is 0 Å². The van der Waals surface area contributed by atoms with E-state index in [4.69, 9.17) is 11.6 Å². The summed E-state index contributed by atoms with van der Waals surface area (Å²) in [6.07, 6.45) is 5.25. The molecule has 0 N–H and O–H groups in total. The van der Waals surface area contributed by atoms with Gasteiger partial charge in [0, 0.05) is 23.5 Å². The van der Waals surface area contributed by atoms with Crippen molar-refractivity contribution in [3.63, 3.8) is 0 Å². The fourth-order valence-corrected chi connectivity index (χ4v) is 1.82. The largest absolute Gasteiger partial charge is 0.288 e. The van der Waals surface area contributed by atoms with Gasteiger partial charge in [0.25, 0.3) is 0 Å². The zero-order valence-corrected chi connectivity index (χ0v) is 8.96. The van der Waals surface area contributed by atoms with Crippen molar-refractivity contribution in [3.8, 4) is 11.1 Å². The van der Waals surface area contributed by atoms with E-state index >= 15 is 0 Å². The predicted octanol–water partition coefficient (Wildman–Crippen LogP) is 2.44. The molecule has 0 saturated heterocycles. The lowest BCUT2D eigenvalue weighted by atomic mass is 10.1. The molecule has 16 heavy (non-hydrogen) atoms. The third-order valence-corrected chi connectivity index (χ3v) is 2.66. The molecule has 3 heterocycles. The Morgan fingerprint density at radius 3 is 3.00 bits per heavy atom. The first-order chi connectivity index (χ1) is 7.84. The molecular formula is C11H7ClN4. The maximum atomic E-state index is 6.03. The highest BCUT2D eigenvalue weighted by atomic mass is 35.5. The summed E-state index contributed by atoms with van der Waals surface area (Å²) in [5, 5.41) is 8.26. The average molecular weight is 231 g/mol. The summed E-state index contributed by atoms with van der Waals surface area (Å²) >= 11 is 6.03. The van der Waals surface area contributed by atoms with Gasteiger partial charge in [0.15, 0.2) is 5.65 Å². The number of hydrogen-bond donors (Lipinski definition) is 0. The molecule has 0 saturated carbocycles. The second-order valence-corrected chi connectivity index (χ2v) is 3.71. The van der Waals surface area contributed by atoms with Gasteiger partial charge in [-0.2, -0.15) is 0 Å². The topological polar surface area (TPSA) is 43.1 Å². The lowest BCUT2D eigenvalue weighted by molar-refractivity contribution is 1.10. The Hall–Kier alpha value is -1.94. The summed E-state index contributed by atoms with van der Waals surface area (Å²) in [7, 11) is 0. The van der Waals surface area contributed by atoms with E-state index in [1.54, 1.807) is 12.5 Å². The third-order valence-electron chi connectivity index (χ3n) is 2.36. The maximum Gasteiger partial charge on any atom is 0.160 e. The van der Waals surface area contributed by atoms with Crippen LogP contribution in [0.2, 0.25) is 5.15 Å². The van der Waals surface area contributed by atoms with E-state index in [2.05, 4.69) is 15.2 Å². The molecule has 0 unspecified atom stereocenters. The van der Waals surface area contributed by atoms with Crippen LogP contribution in [-0.2, 0) is 0 Å². The first kappa shape index (κ1) is 9.30. The number of nitrogens with zero attached hydrogens (tertiary/aromatic N) is 4. The Bertz CT molecular complexity index is 647. The molecule has 0 aliphatic heterocycles. The molecule has 4 nitrogen and oxygen atoms in total. The number of pyridine rings is 2. The quantitative estimate of drug-likeness (QED) is 0.603. The minimum absolute atomic E-state index is 0.495. The average Bonchev–Trinajstić information content (AvgIpc) is 2.76. The fourth-order valence-electron chi connectivity index (χ4n) is 1.59. The first-order valence-electron chi connectivity index (χ1n) is 4.75. The zero-order chi connectivity index (χ0) is 11.0. The van der Waals surface area contributed by atoms with Crippen LogP contribution < -0.4 is 0 Å². The summed E-state index contributed by atoms with van der Waals surface area (Å²) in [6, 6.07) is 7.64. The molecule has 3 aromatic rings. The summed E-state index contributed by atoms with van der Waals surface area (Å²) in [4.78, 5) is 4.05. The van der Waals surface area contributed by atoms with Crippen molar-refractivity contribution >= 4 is 17.2 Å². The van der Waals surface area contributed by atoms with Crippen molar-refractivity contribution in [1.82, 2.24) is 19.6 Å². The van der Waals surface area contributed by atoms with Crippen molar-refractivity contribution in [2.45, 2.75) is 0 Å². The van der Waals surface area contributed by atoms with Crippen LogP contribution in [-0.4, -0.2) is 19.6 Å². The van der Waals surface area contributed by atoms with Crippen molar-refractivity contribution in [2.75, 3.05) is 0 Å². The fraction of sp³-hybridized carbons (Fsp3) is 0. The smallest absolute Gasteiger partial charge is 0.160 e. The Kier molecular flexibility index (Phi) is 2.08. The number of aromatic nitrogens is 4. The number of rotatable bonds is 1. The zero-order valence-electron chi connectivity index (χ0n) is 8.21. The molecule has 0 aromatic carbocycles. The highest BCUT2D eigenvalue weighted by Crippen LogP contribution is 2.25. The van der Waals surface area contributed by atoms with Gasteiger partial charge in [-0.25, -0.2) is 4.98 Å². The van der Waals surface area contributed by atoms with Crippen molar-refractivity contribution < 1.29 is 0 Å². The molecule has 5 heteroatoms. The Morgan fingerprint density at radius 1 is 1.19 bits per heavy atom. The van der Waals surface area contributed by atoms with Gasteiger partial charge in [-0.1, -0.05) is 11.6 Å². The summed E-state index contributed by atoms with van der Waals surface area (Å²) < 4.78 is 1.85. The van der Waals surface area contributed by atoms with E-state index in [1.807, 2.05) is 34.9 Å². The second kappa shape index (κ2) is 3.57. The molecule has 0 aliphatic rings. The van der Waals surface area contributed by atoms with Crippen molar-refractivity contribution in [2.24, 2.45) is 0 Å². The Morgan fingerprint density at radius 2 is 2.12 bits per heavy atom. The summed E-state index contributed by atoms with van der Waals surface area (Å²) in [5.74, 6) is 0. The van der Waals surface area contributed by atoms with E-state index in [-0.39, 0.29) is 0 Å². The van der Waals surface area contributed by atoms with E-state index in [0.29, 0.717) is 5.15 Å². The molecule has 78 valence electrons. The van der Waals surface area contributed by atoms with Gasteiger partial charge in [-0.15, -0.1) is 10.2 Å². The van der Waals surface area contributed by atoms with Gasteiger partial charge in [0.05, 0.1) is 0 Å². The van der Waals surface area contributed by atoms with Gasteiger partial charge in [-0.05, 0) is 24.3 Å². The molecule has 0 aliphatic carbocycles. The molecule has 0 fully saturated rings. The van der Waals surface area contributed by atoms with Gasteiger partial charge >= 0.3 is 0 Å². The van der Waals surface area contributed by atoms with Crippen LogP contribution in [0.3, 0.4) is 0 Å². The van der Waals surface area contributed by atoms with Crippen LogP contribution in [0.4, 0.5) is 0 Å². The van der Waals surface area contributed by atoms with Gasteiger partial charge in [0.1, 0.15) is 11.5 Å². The minimum Gasteiger partial charge on any atom is -0.288 e. The minimum atomic E-state index is 0.495. The normalized spacial score (nSPS) is 10.8. The Labute approximate surface area is 96.5 Å². The number of fused-ring (bicyclic) bond motifs is 1. The maximum absolute atomic E-state index is 6.03. The number of hydrogen-bond acceptors (Lipinski definition) is 3. The van der Waals surface area contributed by atoms with E-state index in [0.717, 1.165) is 16.8 Å². The van der Waals surface area contributed by atoms with Crippen LogP contribution in [0.25, 0.3) is 16.8 Å². The van der Waals surface area contributed by atoms with Gasteiger partial charge in [0.2, 0.25) is 0 Å². The number of halogens is 1. The summed E-state index contributed by atoms with van der Waals surface area (Å²) in [6.45, 7) is 0. The predicted molar refractivity (Wildman–Crippen MR) is 61.2 cm³/mol. The summed E-state index contributed by atoms with van der Waals surface area (Å²) in [5.41, 5.74) is 2.70. The lowest BCUT2D eigenvalue weighted by Crippen LogP contribution is -1.87. The van der Waals surface area contributed by atoms with Crippen LogP contribution >= 0.6 is 11.6 Å².